The molecular formula is C12H15BrN2O. The number of rotatable bonds is 2. The first-order valence-electron chi connectivity index (χ1n) is 5.78. The SMILES string of the molecule is CC1(C)CC1c1nc(C2CC2)c(Br)c(=O)[nH]1. The second kappa shape index (κ2) is 3.19. The monoisotopic (exact) mass is 282 g/mol. The Hall–Kier alpha value is -0.640. The fourth-order valence-corrected chi connectivity index (χ4v) is 2.73. The minimum Gasteiger partial charge on any atom is -0.309 e. The maximum atomic E-state index is 11.8. The summed E-state index contributed by atoms with van der Waals surface area (Å²) in [5, 5.41) is 0. The quantitative estimate of drug-likeness (QED) is 0.907. The van der Waals surface area contributed by atoms with Gasteiger partial charge in [-0.3, -0.25) is 4.79 Å². The highest BCUT2D eigenvalue weighted by molar-refractivity contribution is 9.10. The molecule has 1 N–H and O–H groups in total. The standard InChI is InChI=1S/C12H15BrN2O/c1-12(2)5-7(12)10-14-9(6-3-4-6)8(13)11(16)15-10/h6-7H,3-5H2,1-2H3,(H,14,15,16). The summed E-state index contributed by atoms with van der Waals surface area (Å²) in [4.78, 5) is 19.3. The van der Waals surface area contributed by atoms with E-state index < -0.39 is 0 Å². The van der Waals surface area contributed by atoms with Crippen LogP contribution in [-0.4, -0.2) is 9.97 Å². The molecule has 2 aliphatic carbocycles. The number of hydrogen-bond donors (Lipinski definition) is 1. The van der Waals surface area contributed by atoms with Gasteiger partial charge in [-0.25, -0.2) is 4.98 Å². The molecule has 4 heteroatoms. The van der Waals surface area contributed by atoms with Crippen molar-refractivity contribution in [3.63, 3.8) is 0 Å². The predicted octanol–water partition coefficient (Wildman–Crippen LogP) is 2.92. The number of nitrogens with zero attached hydrogens (tertiary/aromatic N) is 1. The fourth-order valence-electron chi connectivity index (χ4n) is 2.22. The van der Waals surface area contributed by atoms with E-state index in [2.05, 4.69) is 39.7 Å². The smallest absolute Gasteiger partial charge is 0.265 e. The van der Waals surface area contributed by atoms with Crippen molar-refractivity contribution in [2.75, 3.05) is 0 Å². The van der Waals surface area contributed by atoms with Crippen LogP contribution in [0.1, 0.15) is 56.5 Å². The molecule has 1 aromatic rings. The second-order valence-corrected chi connectivity index (χ2v) is 6.46. The largest absolute Gasteiger partial charge is 0.309 e. The third-order valence-electron chi connectivity index (χ3n) is 3.71. The minimum atomic E-state index is -0.0189. The van der Waals surface area contributed by atoms with Gasteiger partial charge in [0, 0.05) is 11.8 Å². The maximum absolute atomic E-state index is 11.8. The molecule has 0 spiro atoms. The van der Waals surface area contributed by atoms with E-state index >= 15 is 0 Å². The zero-order chi connectivity index (χ0) is 11.5. The molecule has 86 valence electrons. The van der Waals surface area contributed by atoms with Gasteiger partial charge in [0.15, 0.2) is 0 Å². The van der Waals surface area contributed by atoms with Gasteiger partial charge in [0.2, 0.25) is 0 Å². The summed E-state index contributed by atoms with van der Waals surface area (Å²) >= 11 is 3.35. The van der Waals surface area contributed by atoms with E-state index in [1.165, 1.54) is 12.8 Å². The molecule has 0 aliphatic heterocycles. The lowest BCUT2D eigenvalue weighted by atomic mass is 10.1. The van der Waals surface area contributed by atoms with Gasteiger partial charge >= 0.3 is 0 Å². The third-order valence-corrected chi connectivity index (χ3v) is 4.48. The van der Waals surface area contributed by atoms with E-state index in [4.69, 9.17) is 0 Å². The van der Waals surface area contributed by atoms with Crippen LogP contribution in [0.4, 0.5) is 0 Å². The van der Waals surface area contributed by atoms with Crippen molar-refractivity contribution in [2.45, 2.75) is 44.9 Å². The van der Waals surface area contributed by atoms with E-state index in [1.54, 1.807) is 0 Å². The molecule has 2 aliphatic rings. The van der Waals surface area contributed by atoms with Crippen molar-refractivity contribution < 1.29 is 0 Å². The zero-order valence-electron chi connectivity index (χ0n) is 9.51. The van der Waals surface area contributed by atoms with Gasteiger partial charge in [-0.1, -0.05) is 13.8 Å². The zero-order valence-corrected chi connectivity index (χ0v) is 11.1. The summed E-state index contributed by atoms with van der Waals surface area (Å²) in [7, 11) is 0. The summed E-state index contributed by atoms with van der Waals surface area (Å²) in [6, 6.07) is 0. The van der Waals surface area contributed by atoms with Crippen LogP contribution in [0.5, 0.6) is 0 Å². The van der Waals surface area contributed by atoms with Crippen LogP contribution in [0.2, 0.25) is 0 Å². The summed E-state index contributed by atoms with van der Waals surface area (Å²) in [5.74, 6) is 1.84. The first-order valence-corrected chi connectivity index (χ1v) is 6.58. The molecular weight excluding hydrogens is 268 g/mol. The van der Waals surface area contributed by atoms with E-state index in [-0.39, 0.29) is 5.56 Å². The molecule has 0 aromatic carbocycles. The van der Waals surface area contributed by atoms with E-state index in [9.17, 15) is 4.79 Å². The highest BCUT2D eigenvalue weighted by atomic mass is 79.9. The molecule has 16 heavy (non-hydrogen) atoms. The van der Waals surface area contributed by atoms with Gasteiger partial charge in [0.05, 0.1) is 5.69 Å². The lowest BCUT2D eigenvalue weighted by Crippen LogP contribution is -2.15. The Morgan fingerprint density at radius 2 is 2.06 bits per heavy atom. The van der Waals surface area contributed by atoms with Gasteiger partial charge < -0.3 is 4.98 Å². The molecule has 3 rings (SSSR count). The molecule has 0 amide bonds. The van der Waals surface area contributed by atoms with Crippen molar-refractivity contribution in [2.24, 2.45) is 5.41 Å². The fraction of sp³-hybridized carbons (Fsp3) is 0.667. The van der Waals surface area contributed by atoms with Crippen LogP contribution in [0.15, 0.2) is 9.27 Å². The predicted molar refractivity (Wildman–Crippen MR) is 65.7 cm³/mol. The van der Waals surface area contributed by atoms with Crippen LogP contribution >= 0.6 is 15.9 Å². The lowest BCUT2D eigenvalue weighted by molar-refractivity contribution is 0.605. The second-order valence-electron chi connectivity index (χ2n) is 5.67. The van der Waals surface area contributed by atoms with Crippen molar-refractivity contribution >= 4 is 15.9 Å². The highest BCUT2D eigenvalue weighted by Gasteiger charge is 2.48. The van der Waals surface area contributed by atoms with Crippen LogP contribution in [0.3, 0.4) is 0 Å². The highest BCUT2D eigenvalue weighted by Crippen LogP contribution is 2.57. The van der Waals surface area contributed by atoms with Crippen molar-refractivity contribution in [3.8, 4) is 0 Å². The van der Waals surface area contributed by atoms with E-state index in [1.807, 2.05) is 0 Å². The number of H-pyrrole nitrogens is 1. The molecule has 1 aromatic heterocycles. The summed E-state index contributed by atoms with van der Waals surface area (Å²) in [5.41, 5.74) is 1.26. The van der Waals surface area contributed by atoms with Gasteiger partial charge in [-0.2, -0.15) is 0 Å². The molecule has 1 heterocycles. The first kappa shape index (κ1) is 10.5. The van der Waals surface area contributed by atoms with Crippen molar-refractivity contribution in [3.05, 3.63) is 26.3 Å². The van der Waals surface area contributed by atoms with Gasteiger partial charge in [-0.05, 0) is 40.6 Å². The Kier molecular flexibility index (Phi) is 2.09. The number of aromatic nitrogens is 2. The molecule has 0 saturated heterocycles. The topological polar surface area (TPSA) is 45.8 Å². The van der Waals surface area contributed by atoms with Crippen LogP contribution < -0.4 is 5.56 Å². The summed E-state index contributed by atoms with van der Waals surface area (Å²) in [6.07, 6.45) is 3.47. The Morgan fingerprint density at radius 1 is 1.44 bits per heavy atom. The molecule has 3 nitrogen and oxygen atoms in total. The van der Waals surface area contributed by atoms with Gasteiger partial charge in [0.1, 0.15) is 10.3 Å². The summed E-state index contributed by atoms with van der Waals surface area (Å²) < 4.78 is 0.636. The Bertz CT molecular complexity index is 502. The van der Waals surface area contributed by atoms with Crippen molar-refractivity contribution in [1.82, 2.24) is 9.97 Å². The number of nitrogens with one attached hydrogen (secondary N) is 1. The lowest BCUT2D eigenvalue weighted by Gasteiger charge is -2.06. The van der Waals surface area contributed by atoms with Crippen molar-refractivity contribution in [1.29, 1.82) is 0 Å². The normalized spacial score (nSPS) is 26.8. The van der Waals surface area contributed by atoms with Gasteiger partial charge in [0.25, 0.3) is 5.56 Å². The number of hydrogen-bond acceptors (Lipinski definition) is 2. The minimum absolute atomic E-state index is 0.0189. The average molecular weight is 283 g/mol. The first-order chi connectivity index (χ1) is 7.49. The molecule has 0 bridgehead atoms. The Labute approximate surface area is 103 Å². The van der Waals surface area contributed by atoms with Crippen LogP contribution in [-0.2, 0) is 0 Å². The van der Waals surface area contributed by atoms with Gasteiger partial charge in [-0.15, -0.1) is 0 Å². The Balaban J connectivity index is 2.04. The molecule has 1 unspecified atom stereocenters. The summed E-state index contributed by atoms with van der Waals surface area (Å²) in [6.45, 7) is 4.44. The van der Waals surface area contributed by atoms with E-state index in [0.29, 0.717) is 21.7 Å². The maximum Gasteiger partial charge on any atom is 0.265 e. The molecule has 0 radical (unpaired) electrons. The number of halogens is 1. The van der Waals surface area contributed by atoms with Crippen LogP contribution in [0, 0.1) is 5.41 Å². The molecule has 2 saturated carbocycles. The third kappa shape index (κ3) is 1.63. The molecule has 1 atom stereocenters. The number of aromatic amines is 1. The van der Waals surface area contributed by atoms with E-state index in [0.717, 1.165) is 17.9 Å². The molecule has 2 fully saturated rings. The van der Waals surface area contributed by atoms with Crippen LogP contribution in [0.25, 0.3) is 0 Å². The average Bonchev–Trinajstić information content (AvgIpc) is 3.07. The Morgan fingerprint density at radius 3 is 2.56 bits per heavy atom.